The van der Waals surface area contributed by atoms with Crippen LogP contribution in [0.4, 0.5) is 14.9 Å². The Morgan fingerprint density at radius 3 is 2.71 bits per heavy atom. The molecule has 1 rings (SSSR count). The molecule has 0 aliphatic carbocycles. The minimum absolute atomic E-state index is 0.352. The lowest BCUT2D eigenvalue weighted by molar-refractivity contribution is 0.0529. The van der Waals surface area contributed by atoms with Crippen molar-refractivity contribution in [3.63, 3.8) is 0 Å². The van der Waals surface area contributed by atoms with E-state index in [0.29, 0.717) is 24.2 Å². The third-order valence-corrected chi connectivity index (χ3v) is 2.66. The fourth-order valence-electron chi connectivity index (χ4n) is 1.63. The summed E-state index contributed by atoms with van der Waals surface area (Å²) in [5.74, 6) is -0.352. The number of amides is 1. The lowest BCUT2D eigenvalue weighted by Crippen LogP contribution is -2.32. The van der Waals surface area contributed by atoms with Crippen molar-refractivity contribution >= 4 is 17.9 Å². The van der Waals surface area contributed by atoms with Gasteiger partial charge in [-0.25, -0.2) is 9.18 Å². The van der Waals surface area contributed by atoms with E-state index in [1.807, 2.05) is 6.92 Å². The van der Waals surface area contributed by atoms with Crippen LogP contribution in [-0.2, 0) is 4.74 Å². The summed E-state index contributed by atoms with van der Waals surface area (Å²) in [7, 11) is 0. The zero-order valence-corrected chi connectivity index (χ0v) is 13.0. The number of rotatable bonds is 4. The fraction of sp³-hybridized carbons (Fsp3) is 0.438. The molecule has 21 heavy (non-hydrogen) atoms. The maximum Gasteiger partial charge on any atom is 0.407 e. The van der Waals surface area contributed by atoms with E-state index in [9.17, 15) is 9.18 Å². The van der Waals surface area contributed by atoms with Crippen molar-refractivity contribution in [2.24, 2.45) is 0 Å². The number of aryl methyl sites for hydroxylation is 1. The Morgan fingerprint density at radius 2 is 2.10 bits per heavy atom. The molecule has 1 aromatic carbocycles. The Morgan fingerprint density at radius 1 is 1.43 bits per heavy atom. The molecular formula is C16H23FN2O2. The first-order valence-electron chi connectivity index (χ1n) is 6.88. The molecule has 0 heterocycles. The molecule has 0 atom stereocenters. The molecule has 5 heteroatoms. The van der Waals surface area contributed by atoms with Gasteiger partial charge in [0.15, 0.2) is 0 Å². The van der Waals surface area contributed by atoms with Crippen molar-refractivity contribution in [1.29, 1.82) is 0 Å². The standard InChI is InChI=1S/C16H23FN2O2/c1-11-9-12(13(17)10-14(11)18)7-5-6-8-19-15(20)21-16(2,3)4/h5,7,9-10H,6,8,18H2,1-4H3,(H,19,20). The van der Waals surface area contributed by atoms with Gasteiger partial charge in [0.1, 0.15) is 11.4 Å². The third kappa shape index (κ3) is 6.29. The predicted molar refractivity (Wildman–Crippen MR) is 83.4 cm³/mol. The molecule has 0 spiro atoms. The molecule has 0 unspecified atom stereocenters. The van der Waals surface area contributed by atoms with Crippen molar-refractivity contribution in [2.45, 2.75) is 39.7 Å². The quantitative estimate of drug-likeness (QED) is 0.658. The number of nitrogen functional groups attached to an aromatic ring is 1. The second-order valence-corrected chi connectivity index (χ2v) is 5.85. The lowest BCUT2D eigenvalue weighted by Gasteiger charge is -2.19. The summed E-state index contributed by atoms with van der Waals surface area (Å²) in [5, 5.41) is 2.63. The van der Waals surface area contributed by atoms with Gasteiger partial charge in [-0.2, -0.15) is 0 Å². The number of nitrogens with two attached hydrogens (primary N) is 1. The first-order valence-corrected chi connectivity index (χ1v) is 6.88. The van der Waals surface area contributed by atoms with Gasteiger partial charge in [-0.1, -0.05) is 12.2 Å². The molecule has 3 N–H and O–H groups in total. The number of benzene rings is 1. The number of alkyl carbamates (subject to hydrolysis) is 1. The van der Waals surface area contributed by atoms with E-state index in [2.05, 4.69) is 5.32 Å². The average molecular weight is 294 g/mol. The van der Waals surface area contributed by atoms with Gasteiger partial charge in [0.25, 0.3) is 0 Å². The van der Waals surface area contributed by atoms with Crippen LogP contribution in [0.2, 0.25) is 0 Å². The van der Waals surface area contributed by atoms with Crippen LogP contribution < -0.4 is 11.1 Å². The zero-order valence-electron chi connectivity index (χ0n) is 13.0. The van der Waals surface area contributed by atoms with E-state index in [1.54, 1.807) is 39.0 Å². The SMILES string of the molecule is Cc1cc(C=CCCNC(=O)OC(C)(C)C)c(F)cc1N. The van der Waals surface area contributed by atoms with Crippen molar-refractivity contribution < 1.29 is 13.9 Å². The summed E-state index contributed by atoms with van der Waals surface area (Å²) in [5.41, 5.74) is 6.88. The number of hydrogen-bond acceptors (Lipinski definition) is 3. The van der Waals surface area contributed by atoms with Crippen LogP contribution in [0.5, 0.6) is 0 Å². The molecule has 0 radical (unpaired) electrons. The van der Waals surface area contributed by atoms with Crippen LogP contribution in [0, 0.1) is 12.7 Å². The van der Waals surface area contributed by atoms with Gasteiger partial charge in [-0.3, -0.25) is 0 Å². The lowest BCUT2D eigenvalue weighted by atomic mass is 10.1. The van der Waals surface area contributed by atoms with Gasteiger partial charge >= 0.3 is 6.09 Å². The minimum Gasteiger partial charge on any atom is -0.444 e. The molecule has 116 valence electrons. The normalized spacial score (nSPS) is 11.7. The topological polar surface area (TPSA) is 64.3 Å². The van der Waals surface area contributed by atoms with E-state index in [0.717, 1.165) is 5.56 Å². The molecule has 0 aliphatic rings. The summed E-state index contributed by atoms with van der Waals surface area (Å²) in [6.45, 7) is 7.67. The first-order chi connectivity index (χ1) is 9.69. The summed E-state index contributed by atoms with van der Waals surface area (Å²) in [6.07, 6.45) is 3.61. The predicted octanol–water partition coefficient (Wildman–Crippen LogP) is 3.64. The fourth-order valence-corrected chi connectivity index (χ4v) is 1.63. The molecule has 0 saturated heterocycles. The van der Waals surface area contributed by atoms with Gasteiger partial charge in [0.2, 0.25) is 0 Å². The Bertz CT molecular complexity index is 534. The molecular weight excluding hydrogens is 271 g/mol. The number of ether oxygens (including phenoxy) is 1. The summed E-state index contributed by atoms with van der Waals surface area (Å²) >= 11 is 0. The molecule has 1 amide bonds. The zero-order chi connectivity index (χ0) is 16.0. The molecule has 0 fully saturated rings. The van der Waals surface area contributed by atoms with Crippen LogP contribution >= 0.6 is 0 Å². The van der Waals surface area contributed by atoms with Gasteiger partial charge in [0, 0.05) is 17.8 Å². The monoisotopic (exact) mass is 294 g/mol. The molecule has 0 bridgehead atoms. The van der Waals surface area contributed by atoms with Crippen LogP contribution in [0.15, 0.2) is 18.2 Å². The highest BCUT2D eigenvalue weighted by Crippen LogP contribution is 2.18. The Hall–Kier alpha value is -2.04. The van der Waals surface area contributed by atoms with Crippen molar-refractivity contribution in [2.75, 3.05) is 12.3 Å². The van der Waals surface area contributed by atoms with Crippen molar-refractivity contribution in [3.8, 4) is 0 Å². The Labute approximate surface area is 125 Å². The summed E-state index contributed by atoms with van der Waals surface area (Å²) in [4.78, 5) is 11.4. The van der Waals surface area contributed by atoms with E-state index >= 15 is 0 Å². The first kappa shape index (κ1) is 17.0. The number of nitrogens with one attached hydrogen (secondary N) is 1. The maximum absolute atomic E-state index is 13.6. The van der Waals surface area contributed by atoms with Crippen molar-refractivity contribution in [1.82, 2.24) is 5.32 Å². The number of anilines is 1. The number of carbonyl (C=O) groups is 1. The van der Waals surface area contributed by atoms with E-state index < -0.39 is 11.7 Å². The molecule has 0 aliphatic heterocycles. The number of carbonyl (C=O) groups excluding carboxylic acids is 1. The van der Waals surface area contributed by atoms with E-state index in [4.69, 9.17) is 10.5 Å². The highest BCUT2D eigenvalue weighted by molar-refractivity contribution is 5.67. The highest BCUT2D eigenvalue weighted by Gasteiger charge is 2.15. The van der Waals surface area contributed by atoms with Gasteiger partial charge in [-0.15, -0.1) is 0 Å². The van der Waals surface area contributed by atoms with Gasteiger partial charge in [-0.05, 0) is 51.8 Å². The summed E-state index contributed by atoms with van der Waals surface area (Å²) in [6, 6.07) is 3.01. The Kier molecular flexibility index (Phi) is 5.76. The van der Waals surface area contributed by atoms with E-state index in [1.165, 1.54) is 6.07 Å². The van der Waals surface area contributed by atoms with Crippen LogP contribution in [0.1, 0.15) is 38.3 Å². The molecule has 4 nitrogen and oxygen atoms in total. The maximum atomic E-state index is 13.6. The second kappa shape index (κ2) is 7.11. The highest BCUT2D eigenvalue weighted by atomic mass is 19.1. The second-order valence-electron chi connectivity index (χ2n) is 5.85. The third-order valence-electron chi connectivity index (χ3n) is 2.66. The molecule has 0 saturated carbocycles. The van der Waals surface area contributed by atoms with E-state index in [-0.39, 0.29) is 5.82 Å². The van der Waals surface area contributed by atoms with Crippen molar-refractivity contribution in [3.05, 3.63) is 35.2 Å². The minimum atomic E-state index is -0.509. The van der Waals surface area contributed by atoms with Crippen LogP contribution in [0.25, 0.3) is 6.08 Å². The van der Waals surface area contributed by atoms with Gasteiger partial charge in [0.05, 0.1) is 0 Å². The number of halogens is 1. The largest absolute Gasteiger partial charge is 0.444 e. The number of hydrogen-bond donors (Lipinski definition) is 2. The van der Waals surface area contributed by atoms with Crippen LogP contribution in [0.3, 0.4) is 0 Å². The molecule has 1 aromatic rings. The smallest absolute Gasteiger partial charge is 0.407 e. The average Bonchev–Trinajstić information content (AvgIpc) is 2.32. The molecule has 0 aromatic heterocycles. The Balaban J connectivity index is 2.43. The van der Waals surface area contributed by atoms with Crippen LogP contribution in [-0.4, -0.2) is 18.2 Å². The summed E-state index contributed by atoms with van der Waals surface area (Å²) < 4.78 is 18.7. The van der Waals surface area contributed by atoms with Gasteiger partial charge < -0.3 is 15.8 Å².